The van der Waals surface area contributed by atoms with Gasteiger partial charge in [0.05, 0.1) is 22.4 Å². The first-order valence-corrected chi connectivity index (χ1v) is 8.26. The van der Waals surface area contributed by atoms with Crippen LogP contribution < -0.4 is 22.0 Å². The molecule has 0 saturated heterocycles. The third-order valence-electron chi connectivity index (χ3n) is 4.64. The molecule has 0 unspecified atom stereocenters. The number of hydrogen-bond acceptors (Lipinski definition) is 4. The van der Waals surface area contributed by atoms with Gasteiger partial charge in [-0.2, -0.15) is 0 Å². The Balaban J connectivity index is 1.80. The molecular weight excluding hydrogens is 328 g/mol. The van der Waals surface area contributed by atoms with Gasteiger partial charge in [-0.15, -0.1) is 0 Å². The Morgan fingerprint density at radius 3 is 1.46 bits per heavy atom. The summed E-state index contributed by atoms with van der Waals surface area (Å²) < 4.78 is 3.21. The molecule has 0 atom stereocenters. The predicted octanol–water partition coefficient (Wildman–Crippen LogP) is 2.83. The van der Waals surface area contributed by atoms with E-state index < -0.39 is 0 Å². The topological polar surface area (TPSA) is 68.1 Å². The zero-order valence-corrected chi connectivity index (χ0v) is 14.5. The van der Waals surface area contributed by atoms with Gasteiger partial charge in [0.15, 0.2) is 0 Å². The number of nitrogens with zero attached hydrogens (tertiary/aromatic N) is 2. The second-order valence-electron chi connectivity index (χ2n) is 6.19. The van der Waals surface area contributed by atoms with Gasteiger partial charge in [0.1, 0.15) is 0 Å². The molecule has 0 spiro atoms. The largest absolute Gasteiger partial charge is 0.311 e. The first-order chi connectivity index (χ1) is 12.6. The lowest BCUT2D eigenvalue weighted by molar-refractivity contribution is 0.905. The van der Waals surface area contributed by atoms with Crippen molar-refractivity contribution in [3.8, 4) is 0 Å². The molecule has 6 nitrogen and oxygen atoms in total. The second-order valence-corrected chi connectivity index (χ2v) is 6.19. The number of anilines is 2. The summed E-state index contributed by atoms with van der Waals surface area (Å²) in [5.74, 6) is 0. The third-order valence-corrected chi connectivity index (χ3v) is 4.64. The summed E-state index contributed by atoms with van der Waals surface area (Å²) in [5.41, 5.74) is 8.96. The van der Waals surface area contributed by atoms with Crippen LogP contribution in [0.5, 0.6) is 0 Å². The van der Waals surface area contributed by atoms with Gasteiger partial charge >= 0.3 is 0 Å². The second kappa shape index (κ2) is 6.07. The lowest BCUT2D eigenvalue weighted by atomic mass is 10.1. The highest BCUT2D eigenvalue weighted by Crippen LogP contribution is 2.24. The number of aryl methyl sites for hydroxylation is 2. The molecule has 0 saturated carbocycles. The zero-order valence-electron chi connectivity index (χ0n) is 14.5. The molecule has 0 aliphatic carbocycles. The summed E-state index contributed by atoms with van der Waals surface area (Å²) in [6, 6.07) is 18.4. The number of fused-ring (bicyclic) bond motifs is 2. The Bertz CT molecular complexity index is 1160. The lowest BCUT2D eigenvalue weighted by Crippen LogP contribution is -2.21. The van der Waals surface area contributed by atoms with Crippen molar-refractivity contribution < 1.29 is 0 Å². The highest BCUT2D eigenvalue weighted by Gasteiger charge is 2.08. The highest BCUT2D eigenvalue weighted by atomic mass is 16.1. The summed E-state index contributed by atoms with van der Waals surface area (Å²) in [5, 5.41) is 1.82. The molecule has 4 aromatic rings. The van der Waals surface area contributed by atoms with Crippen molar-refractivity contribution in [1.82, 2.24) is 9.13 Å². The minimum absolute atomic E-state index is 0.109. The summed E-state index contributed by atoms with van der Waals surface area (Å²) in [7, 11) is 3.49. The number of hydrogen-bond donors (Lipinski definition) is 2. The molecule has 4 rings (SSSR count). The number of para-hydroxylation sites is 2. The molecule has 0 radical (unpaired) electrons. The van der Waals surface area contributed by atoms with E-state index in [4.69, 9.17) is 0 Å². The Hall–Kier alpha value is -3.54. The normalized spacial score (nSPS) is 11.0. The molecule has 2 heterocycles. The fraction of sp³-hybridized carbons (Fsp3) is 0.100. The summed E-state index contributed by atoms with van der Waals surface area (Å²) in [4.78, 5) is 24.4. The number of pyridine rings is 2. The minimum atomic E-state index is -0.109. The Kier molecular flexibility index (Phi) is 3.73. The van der Waals surface area contributed by atoms with Crippen LogP contribution in [0.15, 0.2) is 70.3 Å². The summed E-state index contributed by atoms with van der Waals surface area (Å²) in [6.45, 7) is 0. The van der Waals surface area contributed by atoms with Gasteiger partial charge in [0.25, 0.3) is 11.1 Å². The van der Waals surface area contributed by atoms with Gasteiger partial charge in [0.2, 0.25) is 0 Å². The molecule has 26 heavy (non-hydrogen) atoms. The maximum Gasteiger partial charge on any atom is 0.252 e. The fourth-order valence-electron chi connectivity index (χ4n) is 3.16. The molecule has 0 aliphatic heterocycles. The van der Waals surface area contributed by atoms with Crippen LogP contribution in [0.4, 0.5) is 11.4 Å². The van der Waals surface area contributed by atoms with Gasteiger partial charge < -0.3 is 9.13 Å². The van der Waals surface area contributed by atoms with Gasteiger partial charge in [-0.3, -0.25) is 20.4 Å². The van der Waals surface area contributed by atoms with E-state index >= 15 is 0 Å². The molecule has 0 aliphatic rings. The van der Waals surface area contributed by atoms with Crippen LogP contribution in [0.1, 0.15) is 0 Å². The van der Waals surface area contributed by atoms with Gasteiger partial charge in [-0.05, 0) is 12.1 Å². The molecular formula is C20H18N4O2. The maximum atomic E-state index is 12.2. The quantitative estimate of drug-likeness (QED) is 0.560. The summed E-state index contributed by atoms with van der Waals surface area (Å²) >= 11 is 0. The number of nitrogens with one attached hydrogen (secondary N) is 2. The van der Waals surface area contributed by atoms with Crippen molar-refractivity contribution in [2.75, 3.05) is 10.9 Å². The average molecular weight is 346 g/mol. The van der Waals surface area contributed by atoms with Crippen LogP contribution in [0.25, 0.3) is 21.8 Å². The third kappa shape index (κ3) is 2.52. The lowest BCUT2D eigenvalue weighted by Gasteiger charge is -2.16. The van der Waals surface area contributed by atoms with Crippen LogP contribution in [-0.4, -0.2) is 9.13 Å². The van der Waals surface area contributed by atoms with Gasteiger partial charge in [-0.1, -0.05) is 36.4 Å². The van der Waals surface area contributed by atoms with Crippen molar-refractivity contribution in [2.45, 2.75) is 0 Å². The average Bonchev–Trinajstić information content (AvgIpc) is 2.67. The monoisotopic (exact) mass is 346 g/mol. The van der Waals surface area contributed by atoms with Crippen molar-refractivity contribution >= 4 is 33.2 Å². The SMILES string of the molecule is Cn1c(=O)cc(NNc2cc(=O)n(C)c3ccccc23)c2ccccc21. The van der Waals surface area contributed by atoms with Crippen LogP contribution in [0.3, 0.4) is 0 Å². The Labute approximate surface area is 149 Å². The van der Waals surface area contributed by atoms with Crippen LogP contribution >= 0.6 is 0 Å². The molecule has 6 heteroatoms. The van der Waals surface area contributed by atoms with Crippen molar-refractivity contribution in [2.24, 2.45) is 14.1 Å². The van der Waals surface area contributed by atoms with Crippen molar-refractivity contribution in [3.63, 3.8) is 0 Å². The predicted molar refractivity (Wildman–Crippen MR) is 106 cm³/mol. The molecule has 2 N–H and O–H groups in total. The smallest absolute Gasteiger partial charge is 0.252 e. The van der Waals surface area contributed by atoms with E-state index in [1.165, 1.54) is 0 Å². The molecule has 130 valence electrons. The molecule has 0 bridgehead atoms. The molecule has 2 aromatic heterocycles. The molecule has 2 aromatic carbocycles. The van der Waals surface area contributed by atoms with E-state index in [0.717, 1.165) is 21.8 Å². The van der Waals surface area contributed by atoms with E-state index in [0.29, 0.717) is 11.4 Å². The van der Waals surface area contributed by atoms with Crippen molar-refractivity contribution in [3.05, 3.63) is 81.4 Å². The number of hydrazine groups is 1. The zero-order chi connectivity index (χ0) is 18.3. The van der Waals surface area contributed by atoms with Crippen LogP contribution in [-0.2, 0) is 14.1 Å². The Morgan fingerprint density at radius 1 is 0.654 bits per heavy atom. The molecule has 0 fully saturated rings. The van der Waals surface area contributed by atoms with E-state index in [-0.39, 0.29) is 11.1 Å². The number of aromatic nitrogens is 2. The number of rotatable bonds is 3. The molecule has 0 amide bonds. The van der Waals surface area contributed by atoms with E-state index in [2.05, 4.69) is 10.9 Å². The van der Waals surface area contributed by atoms with Gasteiger partial charge in [0, 0.05) is 37.0 Å². The highest BCUT2D eigenvalue weighted by molar-refractivity contribution is 5.94. The first kappa shape index (κ1) is 16.0. The van der Waals surface area contributed by atoms with Crippen molar-refractivity contribution in [1.29, 1.82) is 0 Å². The van der Waals surface area contributed by atoms with E-state index in [1.54, 1.807) is 35.4 Å². The van der Waals surface area contributed by atoms with E-state index in [9.17, 15) is 9.59 Å². The Morgan fingerprint density at radius 2 is 1.04 bits per heavy atom. The number of benzene rings is 2. The summed E-state index contributed by atoms with van der Waals surface area (Å²) in [6.07, 6.45) is 0. The minimum Gasteiger partial charge on any atom is -0.311 e. The fourth-order valence-corrected chi connectivity index (χ4v) is 3.16. The van der Waals surface area contributed by atoms with Crippen LogP contribution in [0.2, 0.25) is 0 Å². The standard InChI is InChI=1S/C20H18N4O2/c1-23-17-9-5-3-7-13(17)15(11-19(23)25)21-22-16-12-20(26)24(2)18-10-6-4-8-14(16)18/h3-12,21-22H,1-2H3. The van der Waals surface area contributed by atoms with E-state index in [1.807, 2.05) is 48.5 Å². The van der Waals surface area contributed by atoms with Gasteiger partial charge in [-0.25, -0.2) is 0 Å². The maximum absolute atomic E-state index is 12.2. The van der Waals surface area contributed by atoms with Crippen LogP contribution in [0, 0.1) is 0 Å². The first-order valence-electron chi connectivity index (χ1n) is 8.26.